The van der Waals surface area contributed by atoms with Crippen molar-refractivity contribution in [2.45, 2.75) is 25.3 Å². The number of nitrogens with zero attached hydrogens (tertiary/aromatic N) is 2. The summed E-state index contributed by atoms with van der Waals surface area (Å²) in [4.78, 5) is 2.40. The second-order valence-electron chi connectivity index (χ2n) is 5.30. The maximum absolute atomic E-state index is 8.74. The molecule has 0 bridgehead atoms. The Labute approximate surface area is 121 Å². The van der Waals surface area contributed by atoms with Crippen LogP contribution in [0.2, 0.25) is 0 Å². The molecule has 1 aliphatic rings. The Bertz CT molecular complexity index is 430. The number of benzene rings is 1. The maximum atomic E-state index is 8.74. The molecule has 1 fully saturated rings. The van der Waals surface area contributed by atoms with Gasteiger partial charge in [-0.15, -0.1) is 0 Å². The zero-order valence-corrected chi connectivity index (χ0v) is 12.1. The number of hydrogen-bond donors (Lipinski definition) is 1. The number of likely N-dealkylation sites (N-methyl/N-ethyl adjacent to an activating group) is 1. The first-order chi connectivity index (χ1) is 9.79. The number of nitriles is 1. The van der Waals surface area contributed by atoms with Gasteiger partial charge in [0.05, 0.1) is 11.6 Å². The van der Waals surface area contributed by atoms with Gasteiger partial charge in [-0.2, -0.15) is 5.26 Å². The Morgan fingerprint density at radius 1 is 1.30 bits per heavy atom. The fourth-order valence-electron chi connectivity index (χ4n) is 2.56. The molecule has 0 saturated carbocycles. The molecule has 4 nitrogen and oxygen atoms in total. The molecule has 1 aromatic carbocycles. The molecule has 0 aromatic heterocycles. The van der Waals surface area contributed by atoms with Crippen molar-refractivity contribution in [2.24, 2.45) is 0 Å². The van der Waals surface area contributed by atoms with Crippen molar-refractivity contribution in [3.05, 3.63) is 29.8 Å². The Kier molecular flexibility index (Phi) is 5.85. The minimum atomic E-state index is 0.662. The van der Waals surface area contributed by atoms with Crippen molar-refractivity contribution in [1.82, 2.24) is 10.2 Å². The SMILES string of the molecule is CN(CCOc1ccc(C#N)cc1)C1CCCNCC1. The van der Waals surface area contributed by atoms with E-state index in [9.17, 15) is 0 Å². The second kappa shape index (κ2) is 7.88. The summed E-state index contributed by atoms with van der Waals surface area (Å²) in [6.45, 7) is 3.88. The lowest BCUT2D eigenvalue weighted by molar-refractivity contribution is 0.180. The van der Waals surface area contributed by atoms with E-state index < -0.39 is 0 Å². The van der Waals surface area contributed by atoms with Gasteiger partial charge in [-0.05, 0) is 63.7 Å². The molecule has 1 atom stereocenters. The highest BCUT2D eigenvalue weighted by Crippen LogP contribution is 2.13. The van der Waals surface area contributed by atoms with Crippen LogP contribution >= 0.6 is 0 Å². The normalized spacial score (nSPS) is 19.4. The zero-order chi connectivity index (χ0) is 14.2. The van der Waals surface area contributed by atoms with E-state index in [0.717, 1.165) is 25.4 Å². The standard InChI is InChI=1S/C16H23N3O/c1-19(15-3-2-9-18-10-8-15)11-12-20-16-6-4-14(13-17)5-7-16/h4-7,15,18H,2-3,8-12H2,1H3. The molecule has 1 unspecified atom stereocenters. The predicted molar refractivity (Wildman–Crippen MR) is 79.8 cm³/mol. The molecule has 0 amide bonds. The van der Waals surface area contributed by atoms with Crippen molar-refractivity contribution < 1.29 is 4.74 Å². The van der Waals surface area contributed by atoms with E-state index in [0.29, 0.717) is 18.2 Å². The zero-order valence-electron chi connectivity index (χ0n) is 12.1. The van der Waals surface area contributed by atoms with Crippen LogP contribution in [-0.4, -0.2) is 44.2 Å². The van der Waals surface area contributed by atoms with Gasteiger partial charge in [0.25, 0.3) is 0 Å². The van der Waals surface area contributed by atoms with Gasteiger partial charge in [-0.1, -0.05) is 0 Å². The van der Waals surface area contributed by atoms with Gasteiger partial charge in [-0.25, -0.2) is 0 Å². The highest BCUT2D eigenvalue weighted by molar-refractivity contribution is 5.34. The van der Waals surface area contributed by atoms with Crippen molar-refractivity contribution in [3.63, 3.8) is 0 Å². The van der Waals surface area contributed by atoms with Crippen LogP contribution in [0.3, 0.4) is 0 Å². The van der Waals surface area contributed by atoms with Crippen LogP contribution in [0.25, 0.3) is 0 Å². The summed E-state index contributed by atoms with van der Waals surface area (Å²) in [6, 6.07) is 10.1. The van der Waals surface area contributed by atoms with Crippen LogP contribution in [0.5, 0.6) is 5.75 Å². The lowest BCUT2D eigenvalue weighted by Gasteiger charge is -2.26. The van der Waals surface area contributed by atoms with Crippen LogP contribution < -0.4 is 10.1 Å². The first kappa shape index (κ1) is 14.8. The summed E-state index contributed by atoms with van der Waals surface area (Å²) in [5.74, 6) is 0.833. The van der Waals surface area contributed by atoms with Crippen molar-refractivity contribution >= 4 is 0 Å². The fraction of sp³-hybridized carbons (Fsp3) is 0.562. The summed E-state index contributed by atoms with van der Waals surface area (Å²) in [6.07, 6.45) is 3.74. The molecule has 1 aliphatic heterocycles. The molecule has 0 radical (unpaired) electrons. The predicted octanol–water partition coefficient (Wildman–Crippen LogP) is 2.01. The van der Waals surface area contributed by atoms with Gasteiger partial charge in [0.15, 0.2) is 0 Å². The van der Waals surface area contributed by atoms with Gasteiger partial charge >= 0.3 is 0 Å². The summed E-state index contributed by atoms with van der Waals surface area (Å²) in [5, 5.41) is 12.2. The molecular formula is C16H23N3O. The lowest BCUT2D eigenvalue weighted by Crippen LogP contribution is -2.35. The third-order valence-electron chi connectivity index (χ3n) is 3.86. The first-order valence-electron chi connectivity index (χ1n) is 7.33. The van der Waals surface area contributed by atoms with E-state index in [2.05, 4.69) is 23.3 Å². The van der Waals surface area contributed by atoms with E-state index in [1.54, 1.807) is 12.1 Å². The van der Waals surface area contributed by atoms with Crippen molar-refractivity contribution in [1.29, 1.82) is 5.26 Å². The van der Waals surface area contributed by atoms with Gasteiger partial charge < -0.3 is 10.1 Å². The third kappa shape index (κ3) is 4.52. The Hall–Kier alpha value is -1.57. The molecule has 108 valence electrons. The summed E-state index contributed by atoms with van der Waals surface area (Å²) >= 11 is 0. The second-order valence-corrected chi connectivity index (χ2v) is 5.30. The van der Waals surface area contributed by atoms with Gasteiger partial charge in [0.2, 0.25) is 0 Å². The molecule has 4 heteroatoms. The molecule has 0 aliphatic carbocycles. The van der Waals surface area contributed by atoms with Crippen LogP contribution in [-0.2, 0) is 0 Å². The van der Waals surface area contributed by atoms with Crippen LogP contribution in [0.15, 0.2) is 24.3 Å². The molecule has 20 heavy (non-hydrogen) atoms. The quantitative estimate of drug-likeness (QED) is 0.891. The van der Waals surface area contributed by atoms with Gasteiger partial charge in [0, 0.05) is 12.6 Å². The van der Waals surface area contributed by atoms with Crippen molar-refractivity contribution in [2.75, 3.05) is 33.3 Å². The largest absolute Gasteiger partial charge is 0.492 e. The highest BCUT2D eigenvalue weighted by Gasteiger charge is 2.16. The van der Waals surface area contributed by atoms with E-state index in [1.165, 1.54) is 19.3 Å². The maximum Gasteiger partial charge on any atom is 0.119 e. The first-order valence-corrected chi connectivity index (χ1v) is 7.33. The van der Waals surface area contributed by atoms with E-state index >= 15 is 0 Å². The number of rotatable bonds is 5. The Morgan fingerprint density at radius 2 is 2.10 bits per heavy atom. The summed E-state index contributed by atoms with van der Waals surface area (Å²) in [5.41, 5.74) is 0.667. The molecule has 1 saturated heterocycles. The molecule has 1 N–H and O–H groups in total. The number of nitrogens with one attached hydrogen (secondary N) is 1. The van der Waals surface area contributed by atoms with Gasteiger partial charge in [-0.3, -0.25) is 4.90 Å². The molecule has 0 spiro atoms. The van der Waals surface area contributed by atoms with E-state index in [4.69, 9.17) is 10.00 Å². The van der Waals surface area contributed by atoms with E-state index in [1.807, 2.05) is 12.1 Å². The number of hydrogen-bond acceptors (Lipinski definition) is 4. The molecular weight excluding hydrogens is 250 g/mol. The smallest absolute Gasteiger partial charge is 0.119 e. The van der Waals surface area contributed by atoms with Crippen LogP contribution in [0, 0.1) is 11.3 Å². The Morgan fingerprint density at radius 3 is 2.85 bits per heavy atom. The molecule has 1 aromatic rings. The Balaban J connectivity index is 1.72. The summed E-state index contributed by atoms with van der Waals surface area (Å²) in [7, 11) is 2.18. The number of ether oxygens (including phenoxy) is 1. The molecule has 1 heterocycles. The highest BCUT2D eigenvalue weighted by atomic mass is 16.5. The topological polar surface area (TPSA) is 48.3 Å². The average molecular weight is 273 g/mol. The lowest BCUT2D eigenvalue weighted by atomic mass is 10.1. The minimum Gasteiger partial charge on any atom is -0.492 e. The monoisotopic (exact) mass is 273 g/mol. The third-order valence-corrected chi connectivity index (χ3v) is 3.86. The van der Waals surface area contributed by atoms with Crippen molar-refractivity contribution in [3.8, 4) is 11.8 Å². The summed E-state index contributed by atoms with van der Waals surface area (Å²) < 4.78 is 5.73. The van der Waals surface area contributed by atoms with Crippen LogP contribution in [0.1, 0.15) is 24.8 Å². The van der Waals surface area contributed by atoms with Gasteiger partial charge in [0.1, 0.15) is 12.4 Å². The fourth-order valence-corrected chi connectivity index (χ4v) is 2.56. The average Bonchev–Trinajstić information content (AvgIpc) is 2.77. The minimum absolute atomic E-state index is 0.662. The van der Waals surface area contributed by atoms with E-state index in [-0.39, 0.29) is 0 Å². The van der Waals surface area contributed by atoms with Crippen LogP contribution in [0.4, 0.5) is 0 Å². The molecule has 2 rings (SSSR count).